The molecule has 1 aliphatic heterocycles. The van der Waals surface area contributed by atoms with Gasteiger partial charge in [0.2, 0.25) is 6.79 Å². The summed E-state index contributed by atoms with van der Waals surface area (Å²) in [4.78, 5) is 4.25. The summed E-state index contributed by atoms with van der Waals surface area (Å²) in [5.74, 6) is 2.11. The lowest BCUT2D eigenvalue weighted by molar-refractivity contribution is -0.0505. The Hall–Kier alpha value is -2.70. The maximum atomic E-state index is 12.7. The Kier molecular flexibility index (Phi) is 8.57. The molecule has 0 saturated carbocycles. The predicted octanol–water partition coefficient (Wildman–Crippen LogP) is 3.26. The van der Waals surface area contributed by atoms with Crippen molar-refractivity contribution in [3.8, 4) is 28.7 Å². The highest BCUT2D eigenvalue weighted by atomic mass is 127. The number of ether oxygens (including phenoxy) is 5. The average molecular weight is 537 g/mol. The minimum atomic E-state index is -2.97. The van der Waals surface area contributed by atoms with Crippen LogP contribution in [0.2, 0.25) is 0 Å². The molecule has 3 N–H and O–H groups in total. The summed E-state index contributed by atoms with van der Waals surface area (Å²) in [5.41, 5.74) is 7.19. The van der Waals surface area contributed by atoms with Gasteiger partial charge in [-0.15, -0.1) is 24.0 Å². The zero-order valence-electron chi connectivity index (χ0n) is 16.3. The number of nitrogens with two attached hydrogens (primary N) is 1. The molecular weight excluding hydrogens is 515 g/mol. The van der Waals surface area contributed by atoms with E-state index in [1.165, 1.54) is 6.07 Å². The molecule has 0 saturated heterocycles. The van der Waals surface area contributed by atoms with E-state index in [9.17, 15) is 8.78 Å². The second kappa shape index (κ2) is 10.9. The molecule has 3 rings (SSSR count). The molecule has 2 aromatic carbocycles. The number of hydrogen-bond donors (Lipinski definition) is 2. The Morgan fingerprint density at radius 3 is 2.47 bits per heavy atom. The van der Waals surface area contributed by atoms with Gasteiger partial charge in [-0.25, -0.2) is 4.99 Å². The molecule has 1 heterocycles. The van der Waals surface area contributed by atoms with E-state index in [0.29, 0.717) is 35.1 Å². The van der Waals surface area contributed by atoms with E-state index in [0.717, 1.165) is 5.56 Å². The van der Waals surface area contributed by atoms with E-state index in [2.05, 4.69) is 15.0 Å². The minimum Gasteiger partial charge on any atom is -0.493 e. The summed E-state index contributed by atoms with van der Waals surface area (Å²) in [7, 11) is 3.10. The largest absolute Gasteiger partial charge is 0.493 e. The van der Waals surface area contributed by atoms with Crippen LogP contribution >= 0.6 is 24.0 Å². The number of aliphatic imine (C=N–C) groups is 1. The quantitative estimate of drug-likeness (QED) is 0.303. The number of nitrogens with zero attached hydrogens (tertiary/aromatic N) is 1. The Bertz CT molecular complexity index is 899. The van der Waals surface area contributed by atoms with E-state index in [4.69, 9.17) is 24.7 Å². The van der Waals surface area contributed by atoms with Gasteiger partial charge in [-0.2, -0.15) is 8.78 Å². The van der Waals surface area contributed by atoms with Gasteiger partial charge in [0.25, 0.3) is 0 Å². The third kappa shape index (κ3) is 5.90. The summed E-state index contributed by atoms with van der Waals surface area (Å²) in [6, 6.07) is 8.33. The lowest BCUT2D eigenvalue weighted by Gasteiger charge is -2.13. The number of alkyl halides is 2. The third-order valence-electron chi connectivity index (χ3n) is 4.11. The number of hydrogen-bond acceptors (Lipinski definition) is 6. The van der Waals surface area contributed by atoms with E-state index < -0.39 is 6.61 Å². The first-order chi connectivity index (χ1) is 14.0. The highest BCUT2D eigenvalue weighted by Crippen LogP contribution is 2.38. The van der Waals surface area contributed by atoms with Gasteiger partial charge in [0.05, 0.1) is 20.8 Å². The first-order valence-electron chi connectivity index (χ1n) is 8.62. The highest BCUT2D eigenvalue weighted by Gasteiger charge is 2.20. The fourth-order valence-electron chi connectivity index (χ4n) is 2.71. The highest BCUT2D eigenvalue weighted by molar-refractivity contribution is 14.0. The van der Waals surface area contributed by atoms with Crippen molar-refractivity contribution in [1.82, 2.24) is 5.32 Å². The maximum absolute atomic E-state index is 12.7. The monoisotopic (exact) mass is 537 g/mol. The van der Waals surface area contributed by atoms with Crippen LogP contribution in [0, 0.1) is 0 Å². The van der Waals surface area contributed by atoms with Crippen LogP contribution in [0.5, 0.6) is 28.7 Å². The van der Waals surface area contributed by atoms with Crippen molar-refractivity contribution in [2.24, 2.45) is 10.7 Å². The molecule has 1 aliphatic rings. The molecular formula is C19H22F2IN3O5. The van der Waals surface area contributed by atoms with E-state index in [1.54, 1.807) is 32.4 Å². The predicted molar refractivity (Wildman–Crippen MR) is 116 cm³/mol. The first kappa shape index (κ1) is 23.6. The van der Waals surface area contributed by atoms with Crippen LogP contribution < -0.4 is 34.7 Å². The minimum absolute atomic E-state index is 0. The van der Waals surface area contributed by atoms with Crippen molar-refractivity contribution in [1.29, 1.82) is 0 Å². The van der Waals surface area contributed by atoms with Crippen molar-refractivity contribution < 1.29 is 32.5 Å². The number of benzene rings is 2. The molecule has 0 aliphatic carbocycles. The smallest absolute Gasteiger partial charge is 0.387 e. The van der Waals surface area contributed by atoms with Crippen LogP contribution in [0.1, 0.15) is 11.1 Å². The number of nitrogens with one attached hydrogen (secondary N) is 1. The Labute approximate surface area is 189 Å². The van der Waals surface area contributed by atoms with Gasteiger partial charge in [-0.1, -0.05) is 6.07 Å². The second-order valence-corrected chi connectivity index (χ2v) is 5.94. The van der Waals surface area contributed by atoms with Crippen LogP contribution in [-0.4, -0.2) is 33.6 Å². The number of methoxy groups -OCH3 is 2. The van der Waals surface area contributed by atoms with Crippen molar-refractivity contribution >= 4 is 29.9 Å². The van der Waals surface area contributed by atoms with E-state index in [-0.39, 0.29) is 49.0 Å². The molecule has 0 unspecified atom stereocenters. The molecule has 164 valence electrons. The molecule has 0 radical (unpaired) electrons. The zero-order valence-corrected chi connectivity index (χ0v) is 18.6. The van der Waals surface area contributed by atoms with Crippen molar-refractivity contribution in [3.05, 3.63) is 41.5 Å². The number of fused-ring (bicyclic) bond motifs is 1. The normalized spacial score (nSPS) is 12.4. The molecule has 0 atom stereocenters. The molecule has 30 heavy (non-hydrogen) atoms. The van der Waals surface area contributed by atoms with Crippen LogP contribution in [0.3, 0.4) is 0 Å². The van der Waals surface area contributed by atoms with E-state index in [1.807, 2.05) is 6.07 Å². The summed E-state index contributed by atoms with van der Waals surface area (Å²) in [6.07, 6.45) is 0. The number of guanidine groups is 1. The van der Waals surface area contributed by atoms with Gasteiger partial charge < -0.3 is 34.7 Å². The lowest BCUT2D eigenvalue weighted by Crippen LogP contribution is -2.31. The Morgan fingerprint density at radius 1 is 1.10 bits per heavy atom. The Morgan fingerprint density at radius 2 is 1.80 bits per heavy atom. The molecule has 0 bridgehead atoms. The maximum Gasteiger partial charge on any atom is 0.387 e. The van der Waals surface area contributed by atoms with Crippen molar-refractivity contribution in [3.63, 3.8) is 0 Å². The molecule has 0 spiro atoms. The SMILES string of the molecule is COc1ccc(CN=C(N)NCc2cc3c(cc2OC(F)F)OCO3)cc1OC.I. The van der Waals surface area contributed by atoms with Gasteiger partial charge in [-0.05, 0) is 23.8 Å². The molecule has 0 fully saturated rings. The number of rotatable bonds is 8. The standard InChI is InChI=1S/C19H21F2N3O5.HI/c1-25-13-4-3-11(5-15(13)26-2)8-23-19(22)24-9-12-6-16-17(28-10-27-16)7-14(12)29-18(20)21;/h3-7,18H,8-10H2,1-2H3,(H3,22,23,24);1H. The Balaban J connectivity index is 0.00000320. The fraction of sp³-hybridized carbons (Fsp3) is 0.316. The second-order valence-electron chi connectivity index (χ2n) is 5.94. The van der Waals surface area contributed by atoms with Crippen LogP contribution in [-0.2, 0) is 13.1 Å². The summed E-state index contributed by atoms with van der Waals surface area (Å²) >= 11 is 0. The van der Waals surface area contributed by atoms with Gasteiger partial charge >= 0.3 is 6.61 Å². The number of halogens is 3. The molecule has 8 nitrogen and oxygen atoms in total. The van der Waals surface area contributed by atoms with Crippen molar-refractivity contribution in [2.75, 3.05) is 21.0 Å². The van der Waals surface area contributed by atoms with Gasteiger partial charge in [0, 0.05) is 18.2 Å². The summed E-state index contributed by atoms with van der Waals surface area (Å²) < 4.78 is 50.9. The van der Waals surface area contributed by atoms with Gasteiger partial charge in [-0.3, -0.25) is 0 Å². The van der Waals surface area contributed by atoms with Crippen LogP contribution in [0.25, 0.3) is 0 Å². The van der Waals surface area contributed by atoms with E-state index >= 15 is 0 Å². The molecule has 0 aromatic heterocycles. The first-order valence-corrected chi connectivity index (χ1v) is 8.62. The van der Waals surface area contributed by atoms with Gasteiger partial charge in [0.1, 0.15) is 5.75 Å². The summed E-state index contributed by atoms with van der Waals surface area (Å²) in [5, 5.41) is 2.88. The third-order valence-corrected chi connectivity index (χ3v) is 4.11. The topological polar surface area (TPSA) is 96.6 Å². The fourth-order valence-corrected chi connectivity index (χ4v) is 2.71. The molecule has 0 amide bonds. The molecule has 11 heteroatoms. The molecule has 2 aromatic rings. The van der Waals surface area contributed by atoms with Crippen LogP contribution in [0.15, 0.2) is 35.3 Å². The van der Waals surface area contributed by atoms with Crippen LogP contribution in [0.4, 0.5) is 8.78 Å². The lowest BCUT2D eigenvalue weighted by atomic mass is 10.1. The zero-order chi connectivity index (χ0) is 20.8. The average Bonchev–Trinajstić information content (AvgIpc) is 3.17. The summed E-state index contributed by atoms with van der Waals surface area (Å²) in [6.45, 7) is -2.54. The van der Waals surface area contributed by atoms with Gasteiger partial charge in [0.15, 0.2) is 29.0 Å². The van der Waals surface area contributed by atoms with Crippen molar-refractivity contribution in [2.45, 2.75) is 19.7 Å².